The lowest BCUT2D eigenvalue weighted by atomic mass is 9.91. The van der Waals surface area contributed by atoms with E-state index < -0.39 is 0 Å². The minimum atomic E-state index is 0.258. The van der Waals surface area contributed by atoms with E-state index in [9.17, 15) is 0 Å². The number of aryl methyl sites for hydroxylation is 1. The minimum absolute atomic E-state index is 0.258. The summed E-state index contributed by atoms with van der Waals surface area (Å²) >= 11 is 0. The number of rotatable bonds is 1. The summed E-state index contributed by atoms with van der Waals surface area (Å²) in [6, 6.07) is 0. The van der Waals surface area contributed by atoms with E-state index in [1.165, 1.54) is 11.3 Å². The van der Waals surface area contributed by atoms with Crippen molar-refractivity contribution in [3.8, 4) is 0 Å². The highest BCUT2D eigenvalue weighted by molar-refractivity contribution is 5.27. The molecule has 1 N–H and O–H groups in total. The topological polar surface area (TPSA) is 37.8 Å². The van der Waals surface area contributed by atoms with Crippen LogP contribution in [0.15, 0.2) is 0 Å². The van der Waals surface area contributed by atoms with Crippen molar-refractivity contribution in [2.24, 2.45) is 5.41 Å². The van der Waals surface area contributed by atoms with Crippen LogP contribution in [0.1, 0.15) is 43.5 Å². The van der Waals surface area contributed by atoms with Crippen molar-refractivity contribution >= 4 is 0 Å². The lowest BCUT2D eigenvalue weighted by Crippen LogP contribution is -2.27. The molecule has 0 atom stereocenters. The highest BCUT2D eigenvalue weighted by Crippen LogP contribution is 2.21. The highest BCUT2D eigenvalue weighted by Gasteiger charge is 2.18. The third-order valence-corrected chi connectivity index (χ3v) is 2.87. The van der Waals surface area contributed by atoms with E-state index in [0.717, 1.165) is 37.4 Å². The van der Waals surface area contributed by atoms with E-state index in [2.05, 4.69) is 38.0 Å². The van der Waals surface area contributed by atoms with E-state index in [-0.39, 0.29) is 5.41 Å². The van der Waals surface area contributed by atoms with Crippen molar-refractivity contribution in [2.45, 2.75) is 47.1 Å². The van der Waals surface area contributed by atoms with Crippen LogP contribution >= 0.6 is 0 Å². The fourth-order valence-corrected chi connectivity index (χ4v) is 2.13. The summed E-state index contributed by atoms with van der Waals surface area (Å²) in [5.74, 6) is 1.01. The first-order valence-corrected chi connectivity index (χ1v) is 6.02. The molecule has 3 heteroatoms. The molecule has 3 nitrogen and oxygen atoms in total. The first-order chi connectivity index (χ1) is 7.46. The van der Waals surface area contributed by atoms with Gasteiger partial charge in [-0.25, -0.2) is 9.97 Å². The number of nitrogens with zero attached hydrogens (tertiary/aromatic N) is 2. The van der Waals surface area contributed by atoms with Gasteiger partial charge in [0.2, 0.25) is 0 Å². The van der Waals surface area contributed by atoms with Gasteiger partial charge in [-0.15, -0.1) is 0 Å². The molecule has 0 radical (unpaired) electrons. The summed E-state index contributed by atoms with van der Waals surface area (Å²) in [7, 11) is 0. The molecule has 0 amide bonds. The van der Waals surface area contributed by atoms with Crippen LogP contribution in [-0.2, 0) is 19.4 Å². The van der Waals surface area contributed by atoms with Crippen molar-refractivity contribution in [1.82, 2.24) is 15.3 Å². The molecule has 1 aliphatic heterocycles. The molecular formula is C13H21N3. The van der Waals surface area contributed by atoms with Crippen LogP contribution in [-0.4, -0.2) is 16.5 Å². The summed E-state index contributed by atoms with van der Waals surface area (Å²) in [6.45, 7) is 10.8. The van der Waals surface area contributed by atoms with Crippen LogP contribution in [0.3, 0.4) is 0 Å². The molecule has 0 aliphatic carbocycles. The predicted molar refractivity (Wildman–Crippen MR) is 65.3 cm³/mol. The van der Waals surface area contributed by atoms with E-state index in [4.69, 9.17) is 4.98 Å². The van der Waals surface area contributed by atoms with E-state index >= 15 is 0 Å². The molecule has 1 aliphatic rings. The van der Waals surface area contributed by atoms with Gasteiger partial charge in [0.25, 0.3) is 0 Å². The van der Waals surface area contributed by atoms with Gasteiger partial charge in [0.05, 0.1) is 5.69 Å². The zero-order valence-corrected chi connectivity index (χ0v) is 10.7. The lowest BCUT2D eigenvalue weighted by Gasteiger charge is -2.21. The molecule has 1 aromatic rings. The quantitative estimate of drug-likeness (QED) is 0.785. The average molecular weight is 219 g/mol. The molecule has 0 saturated heterocycles. The van der Waals surface area contributed by atoms with Gasteiger partial charge in [-0.1, -0.05) is 20.8 Å². The van der Waals surface area contributed by atoms with Crippen molar-refractivity contribution in [3.63, 3.8) is 0 Å². The lowest BCUT2D eigenvalue weighted by molar-refractivity contribution is 0.398. The van der Waals surface area contributed by atoms with Gasteiger partial charge in [0.15, 0.2) is 0 Å². The summed E-state index contributed by atoms with van der Waals surface area (Å²) in [5, 5.41) is 3.37. The van der Waals surface area contributed by atoms with Crippen LogP contribution in [0, 0.1) is 12.3 Å². The Morgan fingerprint density at radius 3 is 2.69 bits per heavy atom. The number of hydrogen-bond acceptors (Lipinski definition) is 3. The summed E-state index contributed by atoms with van der Waals surface area (Å²) in [6.07, 6.45) is 1.99. The van der Waals surface area contributed by atoms with Gasteiger partial charge in [0, 0.05) is 37.2 Å². The molecule has 0 unspecified atom stereocenters. The maximum absolute atomic E-state index is 4.71. The SMILES string of the molecule is Cc1nc(CC(C)(C)C)nc2c1CNCC2. The Morgan fingerprint density at radius 2 is 2.00 bits per heavy atom. The molecule has 2 heterocycles. The minimum Gasteiger partial charge on any atom is -0.312 e. The predicted octanol–water partition coefficient (Wildman–Crippen LogP) is 2.02. The van der Waals surface area contributed by atoms with Crippen LogP contribution < -0.4 is 5.32 Å². The monoisotopic (exact) mass is 219 g/mol. The van der Waals surface area contributed by atoms with Gasteiger partial charge in [-0.05, 0) is 12.3 Å². The normalized spacial score (nSPS) is 16.0. The fraction of sp³-hybridized carbons (Fsp3) is 0.692. The van der Waals surface area contributed by atoms with Crippen LogP contribution in [0.25, 0.3) is 0 Å². The van der Waals surface area contributed by atoms with Crippen LogP contribution in [0.5, 0.6) is 0 Å². The zero-order valence-electron chi connectivity index (χ0n) is 10.7. The van der Waals surface area contributed by atoms with E-state index in [0.29, 0.717) is 0 Å². The molecule has 2 rings (SSSR count). The van der Waals surface area contributed by atoms with Gasteiger partial charge in [-0.2, -0.15) is 0 Å². The maximum atomic E-state index is 4.71. The van der Waals surface area contributed by atoms with Gasteiger partial charge in [-0.3, -0.25) is 0 Å². The Kier molecular flexibility index (Phi) is 2.98. The highest BCUT2D eigenvalue weighted by atomic mass is 14.9. The van der Waals surface area contributed by atoms with E-state index in [1.807, 2.05) is 0 Å². The number of hydrogen-bond donors (Lipinski definition) is 1. The number of aromatic nitrogens is 2. The third kappa shape index (κ3) is 2.59. The molecule has 16 heavy (non-hydrogen) atoms. The van der Waals surface area contributed by atoms with Gasteiger partial charge < -0.3 is 5.32 Å². The molecule has 0 spiro atoms. The van der Waals surface area contributed by atoms with Crippen molar-refractivity contribution in [3.05, 3.63) is 22.8 Å². The summed E-state index contributed by atoms with van der Waals surface area (Å²) in [5.41, 5.74) is 3.97. The van der Waals surface area contributed by atoms with Crippen LogP contribution in [0.4, 0.5) is 0 Å². The summed E-state index contributed by atoms with van der Waals surface area (Å²) < 4.78 is 0. The Balaban J connectivity index is 2.32. The van der Waals surface area contributed by atoms with Crippen molar-refractivity contribution < 1.29 is 0 Å². The summed E-state index contributed by atoms with van der Waals surface area (Å²) in [4.78, 5) is 9.33. The second kappa shape index (κ2) is 4.13. The Bertz CT molecular complexity index is 391. The zero-order chi connectivity index (χ0) is 11.8. The van der Waals surface area contributed by atoms with Crippen LogP contribution in [0.2, 0.25) is 0 Å². The second-order valence-electron chi connectivity index (χ2n) is 5.81. The molecule has 0 fully saturated rings. The Hall–Kier alpha value is -0.960. The largest absolute Gasteiger partial charge is 0.312 e. The smallest absolute Gasteiger partial charge is 0.129 e. The molecule has 1 aromatic heterocycles. The molecular weight excluding hydrogens is 198 g/mol. The second-order valence-corrected chi connectivity index (χ2v) is 5.81. The van der Waals surface area contributed by atoms with Gasteiger partial charge >= 0.3 is 0 Å². The van der Waals surface area contributed by atoms with Crippen molar-refractivity contribution in [2.75, 3.05) is 6.54 Å². The first-order valence-electron chi connectivity index (χ1n) is 6.02. The first kappa shape index (κ1) is 11.5. The van der Waals surface area contributed by atoms with Gasteiger partial charge in [0.1, 0.15) is 5.82 Å². The number of fused-ring (bicyclic) bond motifs is 1. The Labute approximate surface area is 97.7 Å². The van der Waals surface area contributed by atoms with E-state index in [1.54, 1.807) is 0 Å². The molecule has 0 aromatic carbocycles. The molecule has 0 saturated carbocycles. The fourth-order valence-electron chi connectivity index (χ4n) is 2.13. The number of nitrogens with one attached hydrogen (secondary N) is 1. The third-order valence-electron chi connectivity index (χ3n) is 2.87. The van der Waals surface area contributed by atoms with Crippen molar-refractivity contribution in [1.29, 1.82) is 0 Å². The molecule has 88 valence electrons. The average Bonchev–Trinajstić information content (AvgIpc) is 2.15. The Morgan fingerprint density at radius 1 is 1.25 bits per heavy atom. The molecule has 0 bridgehead atoms. The standard InChI is InChI=1S/C13H21N3/c1-9-10-8-14-6-5-11(10)16-12(15-9)7-13(2,3)4/h14H,5-8H2,1-4H3. The maximum Gasteiger partial charge on any atom is 0.129 e.